The molecule has 28 heavy (non-hydrogen) atoms. The molecular formula is C23H25N3O2. The summed E-state index contributed by atoms with van der Waals surface area (Å²) in [6, 6.07) is 15.5. The van der Waals surface area contributed by atoms with Gasteiger partial charge in [-0.3, -0.25) is 10.2 Å². The van der Waals surface area contributed by atoms with Gasteiger partial charge in [0.1, 0.15) is 5.84 Å². The molecule has 0 unspecified atom stereocenters. The molecule has 0 saturated carbocycles. The summed E-state index contributed by atoms with van der Waals surface area (Å²) in [7, 11) is 0. The van der Waals surface area contributed by atoms with E-state index in [4.69, 9.17) is 20.9 Å². The predicted molar refractivity (Wildman–Crippen MR) is 113 cm³/mol. The fourth-order valence-electron chi connectivity index (χ4n) is 3.19. The minimum Gasteiger partial charge on any atom is -0.465 e. The van der Waals surface area contributed by atoms with Gasteiger partial charge in [-0.25, -0.2) is 4.98 Å². The van der Waals surface area contributed by atoms with Gasteiger partial charge in [0.05, 0.1) is 23.2 Å². The van der Waals surface area contributed by atoms with Crippen LogP contribution in [0.4, 0.5) is 0 Å². The summed E-state index contributed by atoms with van der Waals surface area (Å²) in [6.07, 6.45) is 0. The third-order valence-electron chi connectivity index (χ3n) is 5.02. The third kappa shape index (κ3) is 3.60. The Morgan fingerprint density at radius 3 is 2.43 bits per heavy atom. The molecule has 2 aromatic carbocycles. The SMILES string of the molecule is CCOC(=O)C(C)(C)c1ccc2c(C)cc(-c3ccc(C(=N)N)cc3)nc2c1. The van der Waals surface area contributed by atoms with Crippen LogP contribution in [0.25, 0.3) is 22.2 Å². The van der Waals surface area contributed by atoms with E-state index in [1.165, 1.54) is 0 Å². The summed E-state index contributed by atoms with van der Waals surface area (Å²) in [4.78, 5) is 17.2. The topological polar surface area (TPSA) is 89.1 Å². The number of rotatable bonds is 5. The number of nitrogens with two attached hydrogens (primary N) is 1. The largest absolute Gasteiger partial charge is 0.465 e. The van der Waals surface area contributed by atoms with Gasteiger partial charge in [-0.15, -0.1) is 0 Å². The van der Waals surface area contributed by atoms with Gasteiger partial charge >= 0.3 is 5.97 Å². The van der Waals surface area contributed by atoms with Crippen molar-refractivity contribution in [2.75, 3.05) is 6.61 Å². The number of hydrogen-bond acceptors (Lipinski definition) is 4. The van der Waals surface area contributed by atoms with Crippen molar-refractivity contribution in [2.45, 2.75) is 33.1 Å². The Hall–Kier alpha value is -3.21. The molecule has 0 amide bonds. The van der Waals surface area contributed by atoms with Crippen LogP contribution in [0, 0.1) is 12.3 Å². The van der Waals surface area contributed by atoms with Crippen LogP contribution in [0.1, 0.15) is 37.5 Å². The van der Waals surface area contributed by atoms with Crippen LogP contribution in [0.15, 0.2) is 48.5 Å². The van der Waals surface area contributed by atoms with Gasteiger partial charge in [-0.2, -0.15) is 0 Å². The highest BCUT2D eigenvalue weighted by Gasteiger charge is 2.31. The number of amidine groups is 1. The lowest BCUT2D eigenvalue weighted by Crippen LogP contribution is -2.31. The quantitative estimate of drug-likeness (QED) is 0.394. The van der Waals surface area contributed by atoms with Crippen LogP contribution in [0.2, 0.25) is 0 Å². The number of nitrogens with one attached hydrogen (secondary N) is 1. The number of carbonyl (C=O) groups excluding carboxylic acids is 1. The van der Waals surface area contributed by atoms with E-state index in [1.807, 2.05) is 76.2 Å². The average molecular weight is 375 g/mol. The number of aryl methyl sites for hydroxylation is 1. The highest BCUT2D eigenvalue weighted by atomic mass is 16.5. The van der Waals surface area contributed by atoms with Crippen molar-refractivity contribution in [1.29, 1.82) is 5.41 Å². The highest BCUT2D eigenvalue weighted by molar-refractivity contribution is 5.95. The maximum absolute atomic E-state index is 12.4. The summed E-state index contributed by atoms with van der Waals surface area (Å²) in [6.45, 7) is 7.94. The first-order valence-electron chi connectivity index (χ1n) is 9.28. The van der Waals surface area contributed by atoms with E-state index in [1.54, 1.807) is 0 Å². The second kappa shape index (κ2) is 7.43. The summed E-state index contributed by atoms with van der Waals surface area (Å²) >= 11 is 0. The number of nitrogens with zero attached hydrogens (tertiary/aromatic N) is 1. The Morgan fingerprint density at radius 2 is 1.82 bits per heavy atom. The Kier molecular flexibility index (Phi) is 5.18. The maximum atomic E-state index is 12.4. The number of pyridine rings is 1. The molecule has 1 aromatic heterocycles. The molecule has 0 atom stereocenters. The molecule has 0 aliphatic rings. The van der Waals surface area contributed by atoms with Gasteiger partial charge in [0.2, 0.25) is 0 Å². The van der Waals surface area contributed by atoms with Crippen molar-refractivity contribution in [1.82, 2.24) is 4.98 Å². The van der Waals surface area contributed by atoms with Crippen LogP contribution in [-0.4, -0.2) is 23.4 Å². The van der Waals surface area contributed by atoms with Crippen molar-refractivity contribution < 1.29 is 9.53 Å². The minimum atomic E-state index is -0.751. The molecule has 1 heterocycles. The van der Waals surface area contributed by atoms with Crippen molar-refractivity contribution in [3.05, 3.63) is 65.2 Å². The Balaban J connectivity index is 2.08. The number of benzene rings is 2. The van der Waals surface area contributed by atoms with Gasteiger partial charge in [0.25, 0.3) is 0 Å². The van der Waals surface area contributed by atoms with E-state index in [0.29, 0.717) is 12.2 Å². The first-order chi connectivity index (χ1) is 13.2. The molecule has 0 saturated heterocycles. The lowest BCUT2D eigenvalue weighted by atomic mass is 9.84. The van der Waals surface area contributed by atoms with E-state index in [9.17, 15) is 4.79 Å². The highest BCUT2D eigenvalue weighted by Crippen LogP contribution is 2.30. The van der Waals surface area contributed by atoms with Gasteiger partial charge in [0, 0.05) is 16.5 Å². The zero-order valence-electron chi connectivity index (χ0n) is 16.7. The fraction of sp³-hybridized carbons (Fsp3) is 0.261. The number of hydrogen-bond donors (Lipinski definition) is 2. The summed E-state index contributed by atoms with van der Waals surface area (Å²) in [5.41, 5.74) is 10.1. The van der Waals surface area contributed by atoms with Gasteiger partial charge in [0.15, 0.2) is 0 Å². The Bertz CT molecular complexity index is 1050. The molecule has 3 aromatic rings. The smallest absolute Gasteiger partial charge is 0.315 e. The first-order valence-corrected chi connectivity index (χ1v) is 9.28. The van der Waals surface area contributed by atoms with Crippen molar-refractivity contribution >= 4 is 22.7 Å². The van der Waals surface area contributed by atoms with E-state index in [-0.39, 0.29) is 11.8 Å². The van der Waals surface area contributed by atoms with E-state index in [2.05, 4.69) is 0 Å². The van der Waals surface area contributed by atoms with E-state index >= 15 is 0 Å². The Labute approximate surface area is 165 Å². The van der Waals surface area contributed by atoms with Crippen molar-refractivity contribution in [2.24, 2.45) is 5.73 Å². The zero-order chi connectivity index (χ0) is 20.5. The first kappa shape index (κ1) is 19.5. The van der Waals surface area contributed by atoms with Gasteiger partial charge in [-0.05, 0) is 51.0 Å². The number of fused-ring (bicyclic) bond motifs is 1. The third-order valence-corrected chi connectivity index (χ3v) is 5.02. The van der Waals surface area contributed by atoms with Crippen molar-refractivity contribution in [3.63, 3.8) is 0 Å². The number of carbonyl (C=O) groups is 1. The molecule has 0 bridgehead atoms. The van der Waals surface area contributed by atoms with Crippen LogP contribution >= 0.6 is 0 Å². The molecule has 5 nitrogen and oxygen atoms in total. The summed E-state index contributed by atoms with van der Waals surface area (Å²) in [5.74, 6) is -0.206. The minimum absolute atomic E-state index is 0.0417. The van der Waals surface area contributed by atoms with E-state index < -0.39 is 5.41 Å². The van der Waals surface area contributed by atoms with Crippen LogP contribution in [-0.2, 0) is 14.9 Å². The number of esters is 1. The van der Waals surface area contributed by atoms with Gasteiger partial charge < -0.3 is 10.5 Å². The monoisotopic (exact) mass is 375 g/mol. The molecular weight excluding hydrogens is 350 g/mol. The standard InChI is InChI=1S/C23H25N3O2/c1-5-28-22(27)23(3,4)17-10-11-18-14(2)12-19(26-20(18)13-17)15-6-8-16(9-7-15)21(24)25/h6-13H,5H2,1-4H3,(H3,24,25). The fourth-order valence-corrected chi connectivity index (χ4v) is 3.19. The molecule has 0 spiro atoms. The van der Waals surface area contributed by atoms with Crippen LogP contribution in [0.3, 0.4) is 0 Å². The van der Waals surface area contributed by atoms with Crippen LogP contribution < -0.4 is 5.73 Å². The van der Waals surface area contributed by atoms with Crippen LogP contribution in [0.5, 0.6) is 0 Å². The second-order valence-corrected chi connectivity index (χ2v) is 7.39. The Morgan fingerprint density at radius 1 is 1.14 bits per heavy atom. The molecule has 3 N–H and O–H groups in total. The number of ether oxygens (including phenoxy) is 1. The molecule has 3 rings (SSSR count). The molecule has 0 radical (unpaired) electrons. The molecule has 5 heteroatoms. The number of nitrogen functional groups attached to an aromatic ring is 1. The lowest BCUT2D eigenvalue weighted by molar-refractivity contribution is -0.148. The second-order valence-electron chi connectivity index (χ2n) is 7.39. The van der Waals surface area contributed by atoms with E-state index in [0.717, 1.165) is 33.3 Å². The maximum Gasteiger partial charge on any atom is 0.315 e. The molecule has 0 aliphatic heterocycles. The van der Waals surface area contributed by atoms with Crippen molar-refractivity contribution in [3.8, 4) is 11.3 Å². The average Bonchev–Trinajstić information content (AvgIpc) is 2.67. The molecule has 144 valence electrons. The summed E-state index contributed by atoms with van der Waals surface area (Å²) < 4.78 is 5.23. The molecule has 0 fully saturated rings. The normalized spacial score (nSPS) is 11.4. The number of aromatic nitrogens is 1. The van der Waals surface area contributed by atoms with Gasteiger partial charge in [-0.1, -0.05) is 36.4 Å². The summed E-state index contributed by atoms with van der Waals surface area (Å²) in [5, 5.41) is 8.57. The molecule has 0 aliphatic carbocycles. The zero-order valence-corrected chi connectivity index (χ0v) is 16.7. The lowest BCUT2D eigenvalue weighted by Gasteiger charge is -2.23. The predicted octanol–water partition coefficient (Wildman–Crippen LogP) is 4.33.